The largest absolute Gasteiger partial charge is 0.507 e. The molecular formula is C30H30N2O7. The van der Waals surface area contributed by atoms with Crippen molar-refractivity contribution in [1.82, 2.24) is 9.47 Å². The Labute approximate surface area is 225 Å². The highest BCUT2D eigenvalue weighted by atomic mass is 16.5. The monoisotopic (exact) mass is 530 g/mol. The summed E-state index contributed by atoms with van der Waals surface area (Å²) < 4.78 is 24.3. The minimum Gasteiger partial charge on any atom is -0.507 e. The average molecular weight is 531 g/mol. The first-order valence-electron chi connectivity index (χ1n) is 12.9. The van der Waals surface area contributed by atoms with Gasteiger partial charge in [0.15, 0.2) is 17.3 Å². The van der Waals surface area contributed by atoms with Gasteiger partial charge in [-0.2, -0.15) is 0 Å². The first kappa shape index (κ1) is 25.1. The molecular weight excluding hydrogens is 500 g/mol. The van der Waals surface area contributed by atoms with Crippen molar-refractivity contribution in [3.8, 4) is 28.7 Å². The molecule has 2 aromatic carbocycles. The molecule has 1 aromatic heterocycles. The standard InChI is InChI=1S/C30H30N2O7/c1-36-25-11-17(12-26(37-2)30(25)38-3)10-24-28(35)20-7-8-23(33)21(29(20)39-24)16-31-13-18-9-19(15-31)22-5-4-6-27(34)32(22)14-18/h4-8,10-12,18-19,33H,9,13-16H2,1-3H3/t18-,19-/m0/s1. The lowest BCUT2D eigenvalue weighted by Gasteiger charge is -2.42. The summed E-state index contributed by atoms with van der Waals surface area (Å²) in [4.78, 5) is 28.0. The number of phenolic OH excluding ortho intramolecular Hbond substituents is 1. The highest BCUT2D eigenvalue weighted by molar-refractivity contribution is 6.15. The number of aromatic nitrogens is 1. The van der Waals surface area contributed by atoms with E-state index in [1.54, 1.807) is 36.4 Å². The summed E-state index contributed by atoms with van der Waals surface area (Å²) in [5.41, 5.74) is 2.75. The summed E-state index contributed by atoms with van der Waals surface area (Å²) >= 11 is 0. The van der Waals surface area contributed by atoms with Gasteiger partial charge in [0.25, 0.3) is 5.56 Å². The summed E-state index contributed by atoms with van der Waals surface area (Å²) in [5, 5.41) is 10.8. The van der Waals surface area contributed by atoms with Crippen molar-refractivity contribution >= 4 is 11.9 Å². The van der Waals surface area contributed by atoms with Crippen LogP contribution in [0, 0.1) is 5.92 Å². The van der Waals surface area contributed by atoms with Crippen molar-refractivity contribution < 1.29 is 28.8 Å². The molecule has 0 saturated carbocycles. The van der Waals surface area contributed by atoms with E-state index < -0.39 is 0 Å². The number of carbonyl (C=O) groups is 1. The van der Waals surface area contributed by atoms with Crippen molar-refractivity contribution in [2.45, 2.75) is 25.4 Å². The van der Waals surface area contributed by atoms with Crippen LogP contribution in [0.25, 0.3) is 6.08 Å². The molecule has 4 heterocycles. The zero-order valence-electron chi connectivity index (χ0n) is 22.1. The summed E-state index contributed by atoms with van der Waals surface area (Å²) in [6, 6.07) is 12.1. The predicted octanol–water partition coefficient (Wildman–Crippen LogP) is 3.82. The molecule has 3 aromatic rings. The number of allylic oxidation sites excluding steroid dienone is 1. The van der Waals surface area contributed by atoms with Gasteiger partial charge in [-0.1, -0.05) is 6.07 Å². The Kier molecular flexibility index (Phi) is 6.31. The van der Waals surface area contributed by atoms with Crippen LogP contribution in [0.1, 0.15) is 39.5 Å². The van der Waals surface area contributed by atoms with Gasteiger partial charge in [0.05, 0.1) is 32.5 Å². The molecule has 1 N–H and O–H groups in total. The van der Waals surface area contributed by atoms with Crippen molar-refractivity contribution in [1.29, 1.82) is 0 Å². The second-order valence-corrected chi connectivity index (χ2v) is 10.2. The zero-order valence-corrected chi connectivity index (χ0v) is 22.1. The molecule has 0 aliphatic carbocycles. The number of methoxy groups -OCH3 is 3. The van der Waals surface area contributed by atoms with Gasteiger partial charge < -0.3 is 28.6 Å². The molecule has 9 heteroatoms. The number of ketones is 1. The lowest BCUT2D eigenvalue weighted by atomic mass is 9.83. The summed E-state index contributed by atoms with van der Waals surface area (Å²) in [5.74, 6) is 2.31. The normalized spacial score (nSPS) is 20.8. The Morgan fingerprint density at radius 3 is 2.49 bits per heavy atom. The van der Waals surface area contributed by atoms with E-state index in [2.05, 4.69) is 4.90 Å². The quantitative estimate of drug-likeness (QED) is 0.481. The summed E-state index contributed by atoms with van der Waals surface area (Å²) in [6.07, 6.45) is 2.67. The Hall–Kier alpha value is -4.24. The number of rotatable bonds is 6. The van der Waals surface area contributed by atoms with Crippen molar-refractivity contribution in [3.05, 3.63) is 81.0 Å². The zero-order chi connectivity index (χ0) is 27.3. The lowest BCUT2D eigenvalue weighted by Crippen LogP contribution is -2.46. The summed E-state index contributed by atoms with van der Waals surface area (Å²) in [6.45, 7) is 2.68. The third kappa shape index (κ3) is 4.32. The number of Topliss-reactive ketones (excluding diaryl/α,β-unsaturated/α-hetero) is 1. The Bertz CT molecular complexity index is 1530. The van der Waals surface area contributed by atoms with Gasteiger partial charge in [-0.05, 0) is 54.3 Å². The fourth-order valence-electron chi connectivity index (χ4n) is 6.13. The van der Waals surface area contributed by atoms with Crippen LogP contribution in [0.4, 0.5) is 0 Å². The number of hydrogen-bond donors (Lipinski definition) is 1. The number of fused-ring (bicyclic) bond motifs is 5. The molecule has 6 rings (SSSR count). The molecule has 39 heavy (non-hydrogen) atoms. The third-order valence-corrected chi connectivity index (χ3v) is 7.84. The second-order valence-electron chi connectivity index (χ2n) is 10.2. The highest BCUT2D eigenvalue weighted by Crippen LogP contribution is 2.43. The minimum atomic E-state index is -0.260. The van der Waals surface area contributed by atoms with Crippen LogP contribution in [0.5, 0.6) is 28.7 Å². The molecule has 1 saturated heterocycles. The first-order chi connectivity index (χ1) is 18.9. The third-order valence-electron chi connectivity index (χ3n) is 7.84. The number of aromatic hydroxyl groups is 1. The number of piperidine rings is 1. The van der Waals surface area contributed by atoms with Gasteiger partial charge in [-0.3, -0.25) is 14.5 Å². The van der Waals surface area contributed by atoms with Crippen LogP contribution < -0.4 is 24.5 Å². The molecule has 0 amide bonds. The number of likely N-dealkylation sites (tertiary alicyclic amines) is 1. The molecule has 2 atom stereocenters. The van der Waals surface area contributed by atoms with Gasteiger partial charge in [-0.25, -0.2) is 0 Å². The van der Waals surface area contributed by atoms with Gasteiger partial charge in [0.1, 0.15) is 11.5 Å². The topological polar surface area (TPSA) is 99.5 Å². The van der Waals surface area contributed by atoms with Crippen molar-refractivity contribution in [2.75, 3.05) is 34.4 Å². The van der Waals surface area contributed by atoms with E-state index in [0.29, 0.717) is 58.7 Å². The maximum Gasteiger partial charge on any atom is 0.250 e. The number of nitrogens with zero attached hydrogens (tertiary/aromatic N) is 2. The molecule has 9 nitrogen and oxygen atoms in total. The lowest BCUT2D eigenvalue weighted by molar-refractivity contribution is 0.101. The van der Waals surface area contributed by atoms with Crippen molar-refractivity contribution in [3.63, 3.8) is 0 Å². The number of phenols is 1. The predicted molar refractivity (Wildman–Crippen MR) is 144 cm³/mol. The van der Waals surface area contributed by atoms with Crippen LogP contribution in [-0.4, -0.2) is 54.8 Å². The number of ether oxygens (including phenoxy) is 4. The van der Waals surface area contributed by atoms with E-state index in [9.17, 15) is 14.7 Å². The average Bonchev–Trinajstić information content (AvgIpc) is 3.25. The van der Waals surface area contributed by atoms with E-state index in [4.69, 9.17) is 18.9 Å². The van der Waals surface area contributed by atoms with Gasteiger partial charge >= 0.3 is 0 Å². The molecule has 2 bridgehead atoms. The number of benzene rings is 2. The molecule has 3 aliphatic rings. The smallest absolute Gasteiger partial charge is 0.250 e. The van der Waals surface area contributed by atoms with E-state index >= 15 is 0 Å². The van der Waals surface area contributed by atoms with E-state index in [1.165, 1.54) is 21.3 Å². The first-order valence-corrected chi connectivity index (χ1v) is 12.9. The van der Waals surface area contributed by atoms with Gasteiger partial charge in [0, 0.05) is 43.9 Å². The SMILES string of the molecule is COc1cc(C=C2Oc3c(ccc(O)c3CN3C[C@@H]4C[C@@H](C3)c3cccc(=O)n3C4)C2=O)cc(OC)c1OC. The molecule has 0 unspecified atom stereocenters. The molecule has 1 fully saturated rings. The number of pyridine rings is 1. The van der Waals surface area contributed by atoms with Crippen LogP contribution in [0.15, 0.2) is 53.0 Å². The van der Waals surface area contributed by atoms with Crippen LogP contribution in [0.3, 0.4) is 0 Å². The fourth-order valence-corrected chi connectivity index (χ4v) is 6.13. The van der Waals surface area contributed by atoms with Crippen LogP contribution >= 0.6 is 0 Å². The minimum absolute atomic E-state index is 0.0486. The Balaban J connectivity index is 1.29. The second kappa shape index (κ2) is 9.81. The maximum absolute atomic E-state index is 13.3. The Morgan fingerprint density at radius 1 is 1.00 bits per heavy atom. The number of carbonyl (C=O) groups excluding carboxylic acids is 1. The van der Waals surface area contributed by atoms with Gasteiger partial charge in [0.2, 0.25) is 11.5 Å². The fraction of sp³-hybridized carbons (Fsp3) is 0.333. The molecule has 0 radical (unpaired) electrons. The summed E-state index contributed by atoms with van der Waals surface area (Å²) in [7, 11) is 4.59. The van der Waals surface area contributed by atoms with Crippen LogP contribution in [-0.2, 0) is 13.1 Å². The van der Waals surface area contributed by atoms with Gasteiger partial charge in [-0.15, -0.1) is 0 Å². The maximum atomic E-state index is 13.3. The van der Waals surface area contributed by atoms with E-state index in [-0.39, 0.29) is 28.8 Å². The molecule has 202 valence electrons. The number of hydrogen-bond acceptors (Lipinski definition) is 8. The Morgan fingerprint density at radius 2 is 1.77 bits per heavy atom. The molecule has 0 spiro atoms. The van der Waals surface area contributed by atoms with Crippen molar-refractivity contribution in [2.24, 2.45) is 5.92 Å². The molecule has 3 aliphatic heterocycles. The van der Waals surface area contributed by atoms with E-state index in [0.717, 1.165) is 25.2 Å². The van der Waals surface area contributed by atoms with E-state index in [1.807, 2.05) is 16.7 Å². The van der Waals surface area contributed by atoms with Crippen LogP contribution in [0.2, 0.25) is 0 Å². The highest BCUT2D eigenvalue weighted by Gasteiger charge is 2.37.